The molecule has 0 saturated carbocycles. The highest BCUT2D eigenvalue weighted by Gasteiger charge is 2.26. The Kier molecular flexibility index (Phi) is 7.21. The van der Waals surface area contributed by atoms with Crippen molar-refractivity contribution in [3.8, 4) is 5.75 Å². The Hall–Kier alpha value is -2.76. The number of carbonyl (C=O) groups is 1. The van der Waals surface area contributed by atoms with Crippen LogP contribution in [0.1, 0.15) is 50.7 Å². The van der Waals surface area contributed by atoms with Gasteiger partial charge in [0.2, 0.25) is 0 Å². The summed E-state index contributed by atoms with van der Waals surface area (Å²) in [5.41, 5.74) is 4.95. The van der Waals surface area contributed by atoms with Crippen molar-refractivity contribution in [3.63, 3.8) is 0 Å². The van der Waals surface area contributed by atoms with Gasteiger partial charge in [0.05, 0.1) is 11.2 Å². The van der Waals surface area contributed by atoms with Gasteiger partial charge < -0.3 is 19.5 Å². The van der Waals surface area contributed by atoms with E-state index in [4.69, 9.17) is 4.74 Å². The standard InChI is InChI=1S/C29H31NO3S/c31-29(32)23-10-11-27-26(19-23)28(25-9-5-4-8-24(25)20-33-27)34-17-16-30-14-12-22(13-15-30)18-21-6-2-1-3-7-21/h1-11,19,22,28H,12-18,20H2,(H,31,32)/p-1. The summed E-state index contributed by atoms with van der Waals surface area (Å²) < 4.78 is 6.06. The summed E-state index contributed by atoms with van der Waals surface area (Å²) in [6.07, 6.45) is 3.68. The molecule has 0 aliphatic carbocycles. The van der Waals surface area contributed by atoms with Crippen LogP contribution in [0.4, 0.5) is 0 Å². The molecule has 0 spiro atoms. The fourth-order valence-electron chi connectivity index (χ4n) is 5.10. The van der Waals surface area contributed by atoms with E-state index in [0.29, 0.717) is 6.61 Å². The molecule has 1 unspecified atom stereocenters. The van der Waals surface area contributed by atoms with Crippen molar-refractivity contribution >= 4 is 17.7 Å². The summed E-state index contributed by atoms with van der Waals surface area (Å²) in [7, 11) is 0. The summed E-state index contributed by atoms with van der Waals surface area (Å²) in [4.78, 5) is 14.1. The van der Waals surface area contributed by atoms with Crippen LogP contribution < -0.4 is 9.84 Å². The Morgan fingerprint density at radius 2 is 1.74 bits per heavy atom. The number of aromatic carboxylic acids is 1. The van der Waals surface area contributed by atoms with E-state index < -0.39 is 5.97 Å². The van der Waals surface area contributed by atoms with Crippen LogP contribution in [0.25, 0.3) is 0 Å². The van der Waals surface area contributed by atoms with Gasteiger partial charge in [-0.1, -0.05) is 54.6 Å². The van der Waals surface area contributed by atoms with Gasteiger partial charge in [0.25, 0.3) is 0 Å². The smallest absolute Gasteiger partial charge is 0.124 e. The van der Waals surface area contributed by atoms with E-state index in [0.717, 1.165) is 48.2 Å². The van der Waals surface area contributed by atoms with Gasteiger partial charge in [0.15, 0.2) is 0 Å². The number of carboxylic acid groups (broad SMARTS) is 1. The second kappa shape index (κ2) is 10.7. The normalized spacial score (nSPS) is 18.4. The third kappa shape index (κ3) is 5.31. The van der Waals surface area contributed by atoms with Gasteiger partial charge in [-0.2, -0.15) is 0 Å². The molecule has 0 radical (unpaired) electrons. The van der Waals surface area contributed by atoms with E-state index in [1.807, 2.05) is 17.8 Å². The minimum Gasteiger partial charge on any atom is -0.545 e. The van der Waals surface area contributed by atoms with E-state index >= 15 is 0 Å². The molecule has 0 bridgehead atoms. The highest BCUT2D eigenvalue weighted by atomic mass is 32.2. The third-order valence-corrected chi connectivity index (χ3v) is 8.27. The van der Waals surface area contributed by atoms with E-state index in [1.54, 1.807) is 18.2 Å². The number of rotatable bonds is 7. The van der Waals surface area contributed by atoms with Crippen LogP contribution in [0.3, 0.4) is 0 Å². The molecule has 2 heterocycles. The number of likely N-dealkylation sites (tertiary alicyclic amines) is 1. The van der Waals surface area contributed by atoms with E-state index in [1.165, 1.54) is 30.4 Å². The second-order valence-corrected chi connectivity index (χ2v) is 10.5. The molecule has 5 rings (SSSR count). The Morgan fingerprint density at radius 1 is 0.971 bits per heavy atom. The predicted octanol–water partition coefficient (Wildman–Crippen LogP) is 4.72. The number of ether oxygens (including phenoxy) is 1. The first-order chi connectivity index (χ1) is 16.7. The molecule has 5 heteroatoms. The molecule has 1 atom stereocenters. The van der Waals surface area contributed by atoms with Crippen LogP contribution in [0, 0.1) is 5.92 Å². The quantitative estimate of drug-likeness (QED) is 0.498. The third-order valence-electron chi connectivity index (χ3n) is 7.02. The van der Waals surface area contributed by atoms with Crippen molar-refractivity contribution in [2.45, 2.75) is 31.1 Å². The lowest BCUT2D eigenvalue weighted by molar-refractivity contribution is -0.255. The Labute approximate surface area is 206 Å². The molecule has 1 fully saturated rings. The van der Waals surface area contributed by atoms with E-state index in [-0.39, 0.29) is 10.8 Å². The van der Waals surface area contributed by atoms with Gasteiger partial charge in [-0.3, -0.25) is 0 Å². The highest BCUT2D eigenvalue weighted by Crippen LogP contribution is 2.44. The number of thioether (sulfide) groups is 1. The monoisotopic (exact) mass is 472 g/mol. The van der Waals surface area contributed by atoms with Crippen LogP contribution >= 0.6 is 11.8 Å². The number of benzene rings is 3. The molecule has 3 aromatic carbocycles. The largest absolute Gasteiger partial charge is 0.545 e. The minimum absolute atomic E-state index is 0.0450. The lowest BCUT2D eigenvalue weighted by atomic mass is 9.90. The van der Waals surface area contributed by atoms with Crippen LogP contribution in [-0.2, 0) is 13.0 Å². The number of nitrogens with zero attached hydrogens (tertiary/aromatic N) is 1. The molecule has 0 amide bonds. The number of fused-ring (bicyclic) bond motifs is 2. The molecule has 176 valence electrons. The van der Waals surface area contributed by atoms with Gasteiger partial charge in [0.1, 0.15) is 12.4 Å². The zero-order chi connectivity index (χ0) is 23.3. The number of hydrogen-bond acceptors (Lipinski definition) is 5. The number of hydrogen-bond donors (Lipinski definition) is 0. The molecule has 0 aromatic heterocycles. The van der Waals surface area contributed by atoms with Crippen LogP contribution in [0.2, 0.25) is 0 Å². The Bertz CT molecular complexity index is 1130. The van der Waals surface area contributed by atoms with Crippen molar-refractivity contribution in [1.29, 1.82) is 0 Å². The van der Waals surface area contributed by atoms with Gasteiger partial charge in [-0.05, 0) is 78.7 Å². The molecular weight excluding hydrogens is 442 g/mol. The Balaban J connectivity index is 1.23. The van der Waals surface area contributed by atoms with Crippen molar-refractivity contribution in [1.82, 2.24) is 4.90 Å². The maximum atomic E-state index is 11.5. The van der Waals surface area contributed by atoms with Crippen molar-refractivity contribution < 1.29 is 14.6 Å². The number of carbonyl (C=O) groups excluding carboxylic acids is 1. The summed E-state index contributed by atoms with van der Waals surface area (Å²) in [6.45, 7) is 3.83. The molecular formula is C29H30NO3S-. The van der Waals surface area contributed by atoms with Gasteiger partial charge >= 0.3 is 0 Å². The van der Waals surface area contributed by atoms with Gasteiger partial charge in [-0.15, -0.1) is 11.8 Å². The first-order valence-electron chi connectivity index (χ1n) is 12.1. The summed E-state index contributed by atoms with van der Waals surface area (Å²) in [6, 6.07) is 24.2. The topological polar surface area (TPSA) is 52.6 Å². The number of carboxylic acids is 1. The lowest BCUT2D eigenvalue weighted by Crippen LogP contribution is -2.35. The zero-order valence-corrected chi connectivity index (χ0v) is 20.1. The molecule has 0 N–H and O–H groups in total. The molecule has 2 aliphatic heterocycles. The summed E-state index contributed by atoms with van der Waals surface area (Å²) in [5, 5.41) is 11.6. The second-order valence-electron chi connectivity index (χ2n) is 9.25. The fourth-order valence-corrected chi connectivity index (χ4v) is 6.47. The highest BCUT2D eigenvalue weighted by molar-refractivity contribution is 7.99. The SMILES string of the molecule is O=C([O-])c1ccc2c(c1)C(SCCN1CCC(Cc3ccccc3)CC1)c1ccccc1CO2. The average molecular weight is 473 g/mol. The van der Waals surface area contributed by atoms with Crippen molar-refractivity contribution in [2.24, 2.45) is 5.92 Å². The maximum absolute atomic E-state index is 11.5. The van der Waals surface area contributed by atoms with Crippen LogP contribution in [0.5, 0.6) is 5.75 Å². The van der Waals surface area contributed by atoms with Crippen LogP contribution in [-0.4, -0.2) is 36.3 Å². The fraction of sp³-hybridized carbons (Fsp3) is 0.345. The molecule has 3 aromatic rings. The summed E-state index contributed by atoms with van der Waals surface area (Å²) in [5.74, 6) is 1.37. The minimum atomic E-state index is -1.15. The van der Waals surface area contributed by atoms with Crippen molar-refractivity contribution in [2.75, 3.05) is 25.4 Å². The molecule has 2 aliphatic rings. The first-order valence-corrected chi connectivity index (χ1v) is 13.2. The summed E-state index contributed by atoms with van der Waals surface area (Å²) >= 11 is 1.88. The van der Waals surface area contributed by atoms with Crippen LogP contribution in [0.15, 0.2) is 72.8 Å². The van der Waals surface area contributed by atoms with Gasteiger partial charge in [-0.25, -0.2) is 0 Å². The van der Waals surface area contributed by atoms with E-state index in [2.05, 4.69) is 53.4 Å². The van der Waals surface area contributed by atoms with Crippen molar-refractivity contribution in [3.05, 3.63) is 101 Å². The Morgan fingerprint density at radius 3 is 2.53 bits per heavy atom. The maximum Gasteiger partial charge on any atom is 0.124 e. The van der Waals surface area contributed by atoms with E-state index in [9.17, 15) is 9.90 Å². The zero-order valence-electron chi connectivity index (χ0n) is 19.3. The lowest BCUT2D eigenvalue weighted by Gasteiger charge is -2.32. The van der Waals surface area contributed by atoms with Gasteiger partial charge in [0, 0.05) is 17.9 Å². The molecule has 4 nitrogen and oxygen atoms in total. The molecule has 1 saturated heterocycles. The predicted molar refractivity (Wildman–Crippen MR) is 135 cm³/mol. The first kappa shape index (κ1) is 23.0. The average Bonchev–Trinajstić information content (AvgIpc) is 3.02. The number of piperidine rings is 1. The molecule has 34 heavy (non-hydrogen) atoms.